The summed E-state index contributed by atoms with van der Waals surface area (Å²) in [5.74, 6) is 0. The fourth-order valence-electron chi connectivity index (χ4n) is 1.54. The third-order valence-electron chi connectivity index (χ3n) is 3.01. The minimum absolute atomic E-state index is 0.0542. The summed E-state index contributed by atoms with van der Waals surface area (Å²) in [6, 6.07) is 0. The van der Waals surface area contributed by atoms with Crippen molar-refractivity contribution in [2.45, 2.75) is 45.7 Å². The van der Waals surface area contributed by atoms with E-state index in [1.54, 1.807) is 6.92 Å². The highest BCUT2D eigenvalue weighted by Gasteiger charge is 2.30. The van der Waals surface area contributed by atoms with E-state index in [4.69, 9.17) is 9.39 Å². The fraction of sp³-hybridized carbons (Fsp3) is 0.818. The lowest BCUT2D eigenvalue weighted by Crippen LogP contribution is -2.42. The van der Waals surface area contributed by atoms with E-state index < -0.39 is 11.7 Å². The average Bonchev–Trinajstić information content (AvgIpc) is 2.18. The molecular formula is C11H21BO3. The molecule has 0 spiro atoms. The second-order valence-electron chi connectivity index (χ2n) is 4.64. The molecular weight excluding hydrogens is 191 g/mol. The first-order valence-corrected chi connectivity index (χ1v) is 5.56. The normalized spacial score (nSPS) is 19.7. The van der Waals surface area contributed by atoms with Crippen molar-refractivity contribution in [2.24, 2.45) is 0 Å². The summed E-state index contributed by atoms with van der Waals surface area (Å²) in [6.45, 7) is 9.11. The highest BCUT2D eigenvalue weighted by molar-refractivity contribution is 6.59. The standard InChI is InChI=1S/C11H21BO3/c1-9(13)11(2,3)15-12(4)10-5-7-14-8-6-10/h5,9,13H,6-8H2,1-4H3. The van der Waals surface area contributed by atoms with E-state index >= 15 is 0 Å². The molecule has 1 atom stereocenters. The molecule has 1 heterocycles. The summed E-state index contributed by atoms with van der Waals surface area (Å²) in [7, 11) is 0. The van der Waals surface area contributed by atoms with Crippen LogP contribution in [0.5, 0.6) is 0 Å². The number of hydrogen-bond donors (Lipinski definition) is 1. The van der Waals surface area contributed by atoms with Gasteiger partial charge in [0.2, 0.25) is 0 Å². The van der Waals surface area contributed by atoms with Gasteiger partial charge in [-0.25, -0.2) is 0 Å². The predicted molar refractivity (Wildman–Crippen MR) is 62.0 cm³/mol. The van der Waals surface area contributed by atoms with Crippen LogP contribution in [0, 0.1) is 0 Å². The average molecular weight is 212 g/mol. The predicted octanol–water partition coefficient (Wildman–Crippen LogP) is 1.67. The molecule has 0 fully saturated rings. The molecule has 0 saturated heterocycles. The highest BCUT2D eigenvalue weighted by Crippen LogP contribution is 2.21. The van der Waals surface area contributed by atoms with Gasteiger partial charge in [0.25, 0.3) is 0 Å². The van der Waals surface area contributed by atoms with Crippen molar-refractivity contribution >= 4 is 6.92 Å². The van der Waals surface area contributed by atoms with Gasteiger partial charge < -0.3 is 14.5 Å². The number of rotatable bonds is 4. The molecule has 0 amide bonds. The van der Waals surface area contributed by atoms with Crippen LogP contribution in [0.15, 0.2) is 11.5 Å². The van der Waals surface area contributed by atoms with Crippen LogP contribution in [0.4, 0.5) is 0 Å². The van der Waals surface area contributed by atoms with Crippen LogP contribution in [-0.4, -0.2) is 36.9 Å². The Morgan fingerprint density at radius 2 is 2.27 bits per heavy atom. The van der Waals surface area contributed by atoms with Crippen molar-refractivity contribution in [1.82, 2.24) is 0 Å². The number of aliphatic hydroxyl groups is 1. The number of hydrogen-bond acceptors (Lipinski definition) is 3. The van der Waals surface area contributed by atoms with Crippen molar-refractivity contribution in [3.8, 4) is 0 Å². The third kappa shape index (κ3) is 3.63. The molecule has 15 heavy (non-hydrogen) atoms. The zero-order valence-electron chi connectivity index (χ0n) is 10.1. The molecule has 0 aliphatic carbocycles. The van der Waals surface area contributed by atoms with Gasteiger partial charge in [0.15, 0.2) is 0 Å². The summed E-state index contributed by atoms with van der Waals surface area (Å²) in [6.07, 6.45) is 2.53. The highest BCUT2D eigenvalue weighted by atomic mass is 16.5. The van der Waals surface area contributed by atoms with Crippen LogP contribution in [-0.2, 0) is 9.39 Å². The largest absolute Gasteiger partial charge is 0.424 e. The van der Waals surface area contributed by atoms with E-state index in [2.05, 4.69) is 6.08 Å². The quantitative estimate of drug-likeness (QED) is 0.720. The molecule has 1 N–H and O–H groups in total. The maximum Gasteiger partial charge on any atom is 0.320 e. The SMILES string of the molecule is CB(OC(C)(C)C(C)O)C1=CCOCC1. The summed E-state index contributed by atoms with van der Waals surface area (Å²) in [5.41, 5.74) is 0.772. The Morgan fingerprint density at radius 1 is 1.60 bits per heavy atom. The third-order valence-corrected chi connectivity index (χ3v) is 3.01. The van der Waals surface area contributed by atoms with Crippen LogP contribution in [0.2, 0.25) is 6.82 Å². The Kier molecular flexibility index (Phi) is 4.38. The molecule has 0 aromatic heterocycles. The first-order chi connectivity index (χ1) is 6.93. The molecule has 0 aromatic rings. The van der Waals surface area contributed by atoms with E-state index in [0.717, 1.165) is 13.0 Å². The van der Waals surface area contributed by atoms with Crippen LogP contribution in [0.3, 0.4) is 0 Å². The fourth-order valence-corrected chi connectivity index (χ4v) is 1.54. The minimum Gasteiger partial charge on any atom is -0.424 e. The van der Waals surface area contributed by atoms with Crippen molar-refractivity contribution in [1.29, 1.82) is 0 Å². The Labute approximate surface area is 92.6 Å². The van der Waals surface area contributed by atoms with Gasteiger partial charge in [-0.3, -0.25) is 0 Å². The van der Waals surface area contributed by atoms with Crippen LogP contribution < -0.4 is 0 Å². The molecule has 1 unspecified atom stereocenters. The first kappa shape index (κ1) is 12.8. The summed E-state index contributed by atoms with van der Waals surface area (Å²) < 4.78 is 11.1. The monoisotopic (exact) mass is 212 g/mol. The Balaban J connectivity index is 2.54. The van der Waals surface area contributed by atoms with Crippen molar-refractivity contribution in [3.05, 3.63) is 11.5 Å². The number of ether oxygens (including phenoxy) is 1. The lowest BCUT2D eigenvalue weighted by molar-refractivity contribution is -0.0191. The second kappa shape index (κ2) is 5.15. The molecule has 1 aliphatic heterocycles. The van der Waals surface area contributed by atoms with Gasteiger partial charge >= 0.3 is 6.92 Å². The second-order valence-corrected chi connectivity index (χ2v) is 4.64. The molecule has 1 aliphatic rings. The van der Waals surface area contributed by atoms with Crippen LogP contribution >= 0.6 is 0 Å². The van der Waals surface area contributed by atoms with Crippen LogP contribution in [0.1, 0.15) is 27.2 Å². The van der Waals surface area contributed by atoms with Crippen molar-refractivity contribution in [2.75, 3.05) is 13.2 Å². The summed E-state index contributed by atoms with van der Waals surface area (Å²) >= 11 is 0. The first-order valence-electron chi connectivity index (χ1n) is 5.56. The maximum absolute atomic E-state index is 9.56. The van der Waals surface area contributed by atoms with Gasteiger partial charge in [-0.1, -0.05) is 18.4 Å². The zero-order valence-corrected chi connectivity index (χ0v) is 10.1. The summed E-state index contributed by atoms with van der Waals surface area (Å²) in [5, 5.41) is 9.56. The molecule has 1 rings (SSSR count). The van der Waals surface area contributed by atoms with E-state index in [9.17, 15) is 5.11 Å². The lowest BCUT2D eigenvalue weighted by Gasteiger charge is -2.32. The van der Waals surface area contributed by atoms with Crippen molar-refractivity contribution in [3.63, 3.8) is 0 Å². The van der Waals surface area contributed by atoms with Gasteiger partial charge in [0.1, 0.15) is 0 Å². The van der Waals surface area contributed by atoms with E-state index in [0.29, 0.717) is 6.61 Å². The van der Waals surface area contributed by atoms with Gasteiger partial charge in [-0.05, 0) is 27.2 Å². The Morgan fingerprint density at radius 3 is 2.73 bits per heavy atom. The zero-order chi connectivity index (χ0) is 11.5. The van der Waals surface area contributed by atoms with Gasteiger partial charge in [-0.2, -0.15) is 0 Å². The summed E-state index contributed by atoms with van der Waals surface area (Å²) in [4.78, 5) is 0. The van der Waals surface area contributed by atoms with Crippen LogP contribution in [0.25, 0.3) is 0 Å². The Bertz CT molecular complexity index is 236. The Hall–Kier alpha value is -0.315. The van der Waals surface area contributed by atoms with Crippen molar-refractivity contribution < 1.29 is 14.5 Å². The maximum atomic E-state index is 9.56. The van der Waals surface area contributed by atoms with Gasteiger partial charge in [0, 0.05) is 0 Å². The smallest absolute Gasteiger partial charge is 0.320 e. The van der Waals surface area contributed by atoms with Gasteiger partial charge in [0.05, 0.1) is 24.9 Å². The van der Waals surface area contributed by atoms with E-state index in [1.807, 2.05) is 20.7 Å². The minimum atomic E-state index is -0.501. The molecule has 0 aromatic carbocycles. The molecule has 0 bridgehead atoms. The molecule has 86 valence electrons. The molecule has 0 radical (unpaired) electrons. The molecule has 3 nitrogen and oxygen atoms in total. The van der Waals surface area contributed by atoms with Gasteiger partial charge in [-0.15, -0.1) is 0 Å². The van der Waals surface area contributed by atoms with E-state index in [1.165, 1.54) is 5.47 Å². The molecule has 4 heteroatoms. The lowest BCUT2D eigenvalue weighted by atomic mass is 9.60. The van der Waals surface area contributed by atoms with E-state index in [-0.39, 0.29) is 6.92 Å². The molecule has 0 saturated carbocycles. The number of aliphatic hydroxyl groups excluding tert-OH is 1. The topological polar surface area (TPSA) is 38.7 Å².